The minimum atomic E-state index is 0.644. The Morgan fingerprint density at radius 3 is 2.83 bits per heavy atom. The summed E-state index contributed by atoms with van der Waals surface area (Å²) in [6, 6.07) is 9.26. The van der Waals surface area contributed by atoms with Gasteiger partial charge in [-0.3, -0.25) is 0 Å². The molecule has 0 aliphatic rings. The molecule has 2 rings (SSSR count). The topological polar surface area (TPSA) is 50.9 Å². The van der Waals surface area contributed by atoms with Crippen molar-refractivity contribution in [3.05, 3.63) is 52.1 Å². The van der Waals surface area contributed by atoms with Crippen LogP contribution in [0.3, 0.4) is 0 Å². The highest BCUT2D eigenvalue weighted by atomic mass is 35.5. The Hall–Kier alpha value is -0.940. The Bertz CT molecular complexity index is 549. The molecular formula is C12H11Cl2N3S. The number of halogens is 2. The number of hydrazine groups is 1. The van der Waals surface area contributed by atoms with Gasteiger partial charge in [0.1, 0.15) is 5.82 Å². The van der Waals surface area contributed by atoms with Crippen molar-refractivity contribution < 1.29 is 0 Å². The maximum Gasteiger partial charge on any atom is 0.140 e. The van der Waals surface area contributed by atoms with E-state index in [-0.39, 0.29) is 0 Å². The number of aromatic nitrogens is 1. The summed E-state index contributed by atoms with van der Waals surface area (Å²) in [6.07, 6.45) is 1.71. The predicted molar refractivity (Wildman–Crippen MR) is 78.1 cm³/mol. The van der Waals surface area contributed by atoms with E-state index in [2.05, 4.69) is 10.4 Å². The highest BCUT2D eigenvalue weighted by Crippen LogP contribution is 2.32. The summed E-state index contributed by atoms with van der Waals surface area (Å²) in [4.78, 5) is 5.01. The van der Waals surface area contributed by atoms with Crippen LogP contribution >= 0.6 is 35.0 Å². The molecule has 18 heavy (non-hydrogen) atoms. The van der Waals surface area contributed by atoms with Gasteiger partial charge >= 0.3 is 0 Å². The Balaban J connectivity index is 2.08. The van der Waals surface area contributed by atoms with Crippen molar-refractivity contribution in [1.29, 1.82) is 0 Å². The molecule has 0 aliphatic carbocycles. The smallest absolute Gasteiger partial charge is 0.140 e. The third-order valence-corrected chi connectivity index (χ3v) is 4.06. The lowest BCUT2D eigenvalue weighted by molar-refractivity contribution is 1.20. The maximum absolute atomic E-state index is 6.10. The van der Waals surface area contributed by atoms with Gasteiger partial charge in [-0.25, -0.2) is 10.8 Å². The van der Waals surface area contributed by atoms with Crippen molar-refractivity contribution in [2.45, 2.75) is 10.6 Å². The van der Waals surface area contributed by atoms with Crippen LogP contribution in [0.5, 0.6) is 0 Å². The second-order valence-corrected chi connectivity index (χ2v) is 5.42. The van der Waals surface area contributed by atoms with E-state index in [1.165, 1.54) is 0 Å². The number of nitrogens with one attached hydrogen (secondary N) is 1. The Labute approximate surface area is 120 Å². The molecule has 3 nitrogen and oxygen atoms in total. The first kappa shape index (κ1) is 13.5. The standard InChI is InChI=1S/C12H11Cl2N3S/c13-9-1-2-10(14)11(6-9)18-7-8-3-4-16-12(5-8)17-15/h1-6H,7,15H2,(H,16,17). The summed E-state index contributed by atoms with van der Waals surface area (Å²) in [5.74, 6) is 6.73. The summed E-state index contributed by atoms with van der Waals surface area (Å²) in [5.41, 5.74) is 3.63. The fourth-order valence-electron chi connectivity index (χ4n) is 1.39. The summed E-state index contributed by atoms with van der Waals surface area (Å²) in [7, 11) is 0. The molecule has 0 saturated carbocycles. The largest absolute Gasteiger partial charge is 0.308 e. The summed E-state index contributed by atoms with van der Waals surface area (Å²) >= 11 is 13.7. The lowest BCUT2D eigenvalue weighted by Crippen LogP contribution is -2.08. The number of nitrogen functional groups attached to an aromatic ring is 1. The lowest BCUT2D eigenvalue weighted by Gasteiger charge is -2.06. The zero-order valence-corrected chi connectivity index (χ0v) is 11.7. The second-order valence-electron chi connectivity index (χ2n) is 3.56. The maximum atomic E-state index is 6.10. The summed E-state index contributed by atoms with van der Waals surface area (Å²) in [6.45, 7) is 0. The molecule has 1 aromatic carbocycles. The normalized spacial score (nSPS) is 10.4. The number of pyridine rings is 1. The molecule has 3 N–H and O–H groups in total. The van der Waals surface area contributed by atoms with Gasteiger partial charge in [-0.1, -0.05) is 23.2 Å². The van der Waals surface area contributed by atoms with Crippen LogP contribution < -0.4 is 11.3 Å². The quantitative estimate of drug-likeness (QED) is 0.510. The summed E-state index contributed by atoms with van der Waals surface area (Å²) < 4.78 is 0. The van der Waals surface area contributed by atoms with Crippen LogP contribution in [-0.4, -0.2) is 4.98 Å². The van der Waals surface area contributed by atoms with Crippen molar-refractivity contribution in [3.8, 4) is 0 Å². The van der Waals surface area contributed by atoms with E-state index < -0.39 is 0 Å². The third kappa shape index (κ3) is 3.53. The molecule has 0 atom stereocenters. The van der Waals surface area contributed by atoms with Crippen molar-refractivity contribution in [1.82, 2.24) is 4.98 Å². The Kier molecular flexibility index (Phi) is 4.72. The van der Waals surface area contributed by atoms with Crippen molar-refractivity contribution >= 4 is 40.8 Å². The van der Waals surface area contributed by atoms with E-state index in [1.54, 1.807) is 30.1 Å². The molecule has 6 heteroatoms. The first-order valence-corrected chi connectivity index (χ1v) is 6.92. The molecule has 0 fully saturated rings. The number of thioether (sulfide) groups is 1. The molecular weight excluding hydrogens is 289 g/mol. The number of nitrogens with zero attached hydrogens (tertiary/aromatic N) is 1. The van der Waals surface area contributed by atoms with Crippen LogP contribution in [0, 0.1) is 0 Å². The fourth-order valence-corrected chi connectivity index (χ4v) is 2.83. The minimum Gasteiger partial charge on any atom is -0.308 e. The van der Waals surface area contributed by atoms with Crippen molar-refractivity contribution in [2.75, 3.05) is 5.43 Å². The van der Waals surface area contributed by atoms with Gasteiger partial charge in [0.05, 0.1) is 5.02 Å². The zero-order valence-electron chi connectivity index (χ0n) is 9.36. The molecule has 0 amide bonds. The average molecular weight is 300 g/mol. The third-order valence-electron chi connectivity index (χ3n) is 2.26. The molecule has 0 radical (unpaired) electrons. The van der Waals surface area contributed by atoms with E-state index in [4.69, 9.17) is 29.0 Å². The molecule has 1 aromatic heterocycles. The molecule has 0 saturated heterocycles. The minimum absolute atomic E-state index is 0.644. The SMILES string of the molecule is NNc1cc(CSc2cc(Cl)ccc2Cl)ccn1. The number of benzene rings is 1. The van der Waals surface area contributed by atoms with Gasteiger partial charge in [0, 0.05) is 21.9 Å². The van der Waals surface area contributed by atoms with Gasteiger partial charge < -0.3 is 5.43 Å². The second kappa shape index (κ2) is 6.29. The number of anilines is 1. The highest BCUT2D eigenvalue weighted by molar-refractivity contribution is 7.98. The van der Waals surface area contributed by atoms with E-state index >= 15 is 0 Å². The van der Waals surface area contributed by atoms with Crippen LogP contribution in [0.1, 0.15) is 5.56 Å². The fraction of sp³-hybridized carbons (Fsp3) is 0.0833. The van der Waals surface area contributed by atoms with E-state index in [0.717, 1.165) is 16.2 Å². The van der Waals surface area contributed by atoms with Gasteiger partial charge in [-0.15, -0.1) is 11.8 Å². The van der Waals surface area contributed by atoms with E-state index in [9.17, 15) is 0 Å². The number of hydrogen-bond acceptors (Lipinski definition) is 4. The highest BCUT2D eigenvalue weighted by Gasteiger charge is 2.03. The molecule has 0 bridgehead atoms. The zero-order chi connectivity index (χ0) is 13.0. The molecule has 0 aliphatic heterocycles. The summed E-state index contributed by atoms with van der Waals surface area (Å²) in [5, 5.41) is 1.39. The van der Waals surface area contributed by atoms with Crippen LogP contribution in [0.2, 0.25) is 10.0 Å². The molecule has 2 aromatic rings. The first-order chi connectivity index (χ1) is 8.69. The van der Waals surface area contributed by atoms with E-state index in [0.29, 0.717) is 15.9 Å². The number of nitrogens with two attached hydrogens (primary N) is 1. The average Bonchev–Trinajstić information content (AvgIpc) is 2.40. The number of rotatable bonds is 4. The Morgan fingerprint density at radius 2 is 2.06 bits per heavy atom. The molecule has 94 valence electrons. The van der Waals surface area contributed by atoms with Gasteiger partial charge in [-0.05, 0) is 35.9 Å². The first-order valence-electron chi connectivity index (χ1n) is 5.18. The molecule has 0 spiro atoms. The van der Waals surface area contributed by atoms with Crippen molar-refractivity contribution in [3.63, 3.8) is 0 Å². The van der Waals surface area contributed by atoms with E-state index in [1.807, 2.05) is 18.2 Å². The number of hydrogen-bond donors (Lipinski definition) is 2. The van der Waals surface area contributed by atoms with Crippen LogP contribution in [0.25, 0.3) is 0 Å². The lowest BCUT2D eigenvalue weighted by atomic mass is 10.3. The molecule has 0 unspecified atom stereocenters. The molecule has 1 heterocycles. The van der Waals surface area contributed by atoms with Gasteiger partial charge in [0.2, 0.25) is 0 Å². The van der Waals surface area contributed by atoms with Crippen LogP contribution in [0.15, 0.2) is 41.4 Å². The van der Waals surface area contributed by atoms with Crippen LogP contribution in [0.4, 0.5) is 5.82 Å². The predicted octanol–water partition coefficient (Wildman–Crippen LogP) is 3.97. The van der Waals surface area contributed by atoms with Crippen LogP contribution in [-0.2, 0) is 5.75 Å². The van der Waals surface area contributed by atoms with Gasteiger partial charge in [-0.2, -0.15) is 0 Å². The van der Waals surface area contributed by atoms with Gasteiger partial charge in [0.15, 0.2) is 0 Å². The Morgan fingerprint density at radius 1 is 1.22 bits per heavy atom. The monoisotopic (exact) mass is 299 g/mol. The van der Waals surface area contributed by atoms with Gasteiger partial charge in [0.25, 0.3) is 0 Å². The van der Waals surface area contributed by atoms with Crippen molar-refractivity contribution in [2.24, 2.45) is 5.84 Å².